The van der Waals surface area contributed by atoms with E-state index in [9.17, 15) is 13.2 Å². The van der Waals surface area contributed by atoms with Gasteiger partial charge in [0.05, 0.1) is 11.3 Å². The van der Waals surface area contributed by atoms with Crippen LogP contribution in [0.4, 0.5) is 11.4 Å². The van der Waals surface area contributed by atoms with E-state index in [-0.39, 0.29) is 22.8 Å². The third kappa shape index (κ3) is 4.46. The van der Waals surface area contributed by atoms with E-state index in [4.69, 9.17) is 10.2 Å². The summed E-state index contributed by atoms with van der Waals surface area (Å²) in [4.78, 5) is 11.0. The molecule has 0 amide bonds. The number of carboxylic acid groups (broad SMARTS) is 1. The van der Waals surface area contributed by atoms with Gasteiger partial charge in [0.2, 0.25) is 0 Å². The van der Waals surface area contributed by atoms with Crippen LogP contribution in [0.25, 0.3) is 0 Å². The number of anilines is 2. The van der Waals surface area contributed by atoms with E-state index in [0.29, 0.717) is 18.7 Å². The molecule has 8 heteroatoms. The molecule has 0 spiro atoms. The van der Waals surface area contributed by atoms with Crippen molar-refractivity contribution >= 4 is 27.4 Å². The first-order valence-electron chi connectivity index (χ1n) is 7.24. The standard InChI is InChI=1S/C16H18N2O5S/c19-10-4-9-17-14-8-7-12(16(20)21)11-15(14)24(22,23)18-13-5-2-1-3-6-13/h1-3,5-8,11,17-19H,4,9-10H2,(H,20,21). The molecule has 0 saturated heterocycles. The van der Waals surface area contributed by atoms with E-state index in [1.807, 2.05) is 0 Å². The predicted molar refractivity (Wildman–Crippen MR) is 90.8 cm³/mol. The lowest BCUT2D eigenvalue weighted by molar-refractivity contribution is 0.0696. The molecule has 4 N–H and O–H groups in total. The number of aromatic carboxylic acids is 1. The largest absolute Gasteiger partial charge is 0.478 e. The van der Waals surface area contributed by atoms with E-state index in [1.165, 1.54) is 12.1 Å². The number of carbonyl (C=O) groups is 1. The molecular formula is C16H18N2O5S. The van der Waals surface area contributed by atoms with Gasteiger partial charge in [-0.25, -0.2) is 13.2 Å². The summed E-state index contributed by atoms with van der Waals surface area (Å²) in [6.07, 6.45) is 0.437. The lowest BCUT2D eigenvalue weighted by Gasteiger charge is -2.14. The van der Waals surface area contributed by atoms with Crippen molar-refractivity contribution in [3.63, 3.8) is 0 Å². The van der Waals surface area contributed by atoms with Gasteiger partial charge >= 0.3 is 5.97 Å². The van der Waals surface area contributed by atoms with Crippen molar-refractivity contribution in [1.82, 2.24) is 0 Å². The molecule has 24 heavy (non-hydrogen) atoms. The first kappa shape index (κ1) is 17.8. The average Bonchev–Trinajstić information content (AvgIpc) is 2.55. The minimum atomic E-state index is -3.98. The fourth-order valence-corrected chi connectivity index (χ4v) is 3.31. The molecule has 128 valence electrons. The van der Waals surface area contributed by atoms with Crippen LogP contribution in [-0.2, 0) is 10.0 Å². The molecule has 0 saturated carbocycles. The molecule has 0 radical (unpaired) electrons. The summed E-state index contributed by atoms with van der Waals surface area (Å²) in [6, 6.07) is 12.2. The molecule has 0 aliphatic heterocycles. The lowest BCUT2D eigenvalue weighted by Crippen LogP contribution is -2.17. The number of hydrogen-bond donors (Lipinski definition) is 4. The van der Waals surface area contributed by atoms with Gasteiger partial charge in [0.15, 0.2) is 0 Å². The number of rotatable bonds is 8. The lowest BCUT2D eigenvalue weighted by atomic mass is 10.2. The third-order valence-electron chi connectivity index (χ3n) is 3.19. The van der Waals surface area contributed by atoms with Crippen molar-refractivity contribution in [2.45, 2.75) is 11.3 Å². The Morgan fingerprint density at radius 2 is 1.79 bits per heavy atom. The molecule has 0 bridgehead atoms. The highest BCUT2D eigenvalue weighted by Crippen LogP contribution is 2.25. The van der Waals surface area contributed by atoms with Gasteiger partial charge in [0.1, 0.15) is 4.90 Å². The van der Waals surface area contributed by atoms with E-state index in [1.54, 1.807) is 30.3 Å². The van der Waals surface area contributed by atoms with Crippen LogP contribution in [-0.4, -0.2) is 37.8 Å². The Bertz CT molecular complexity index is 806. The van der Waals surface area contributed by atoms with Crippen molar-refractivity contribution in [2.75, 3.05) is 23.2 Å². The minimum Gasteiger partial charge on any atom is -0.478 e. The maximum absolute atomic E-state index is 12.6. The molecule has 0 unspecified atom stereocenters. The van der Waals surface area contributed by atoms with Crippen molar-refractivity contribution < 1.29 is 23.4 Å². The van der Waals surface area contributed by atoms with Gasteiger partial charge in [0.25, 0.3) is 10.0 Å². The Hall–Kier alpha value is -2.58. The van der Waals surface area contributed by atoms with E-state index in [2.05, 4.69) is 10.0 Å². The monoisotopic (exact) mass is 350 g/mol. The number of hydrogen-bond acceptors (Lipinski definition) is 5. The molecule has 2 aromatic carbocycles. The van der Waals surface area contributed by atoms with Crippen LogP contribution >= 0.6 is 0 Å². The fourth-order valence-electron chi connectivity index (χ4n) is 2.04. The summed E-state index contributed by atoms with van der Waals surface area (Å²) in [6.45, 7) is 0.321. The van der Waals surface area contributed by atoms with E-state index >= 15 is 0 Å². The van der Waals surface area contributed by atoms with Gasteiger partial charge in [-0.1, -0.05) is 18.2 Å². The highest BCUT2D eigenvalue weighted by Gasteiger charge is 2.21. The Labute approximate surface area is 140 Å². The van der Waals surface area contributed by atoms with Gasteiger partial charge in [-0.2, -0.15) is 0 Å². The Morgan fingerprint density at radius 3 is 2.42 bits per heavy atom. The van der Waals surface area contributed by atoms with Crippen LogP contribution in [0.3, 0.4) is 0 Å². The summed E-state index contributed by atoms with van der Waals surface area (Å²) < 4.78 is 27.7. The summed E-state index contributed by atoms with van der Waals surface area (Å²) in [7, 11) is -3.98. The number of sulfonamides is 1. The zero-order valence-electron chi connectivity index (χ0n) is 12.8. The molecule has 0 aliphatic carbocycles. The Balaban J connectivity index is 2.40. The van der Waals surface area contributed by atoms with Gasteiger partial charge < -0.3 is 15.5 Å². The van der Waals surface area contributed by atoms with Crippen molar-refractivity contribution in [3.8, 4) is 0 Å². The van der Waals surface area contributed by atoms with Crippen LogP contribution in [0.15, 0.2) is 53.4 Å². The zero-order valence-corrected chi connectivity index (χ0v) is 13.6. The number of nitrogens with one attached hydrogen (secondary N) is 2. The first-order valence-corrected chi connectivity index (χ1v) is 8.72. The number of aliphatic hydroxyl groups excluding tert-OH is 1. The van der Waals surface area contributed by atoms with E-state index < -0.39 is 16.0 Å². The zero-order chi connectivity index (χ0) is 17.6. The smallest absolute Gasteiger partial charge is 0.335 e. The molecule has 0 aromatic heterocycles. The Morgan fingerprint density at radius 1 is 1.08 bits per heavy atom. The second kappa shape index (κ2) is 7.80. The maximum Gasteiger partial charge on any atom is 0.335 e. The van der Waals surface area contributed by atoms with E-state index in [0.717, 1.165) is 6.07 Å². The second-order valence-corrected chi connectivity index (χ2v) is 6.64. The summed E-state index contributed by atoms with van der Waals surface area (Å²) >= 11 is 0. The molecule has 0 aliphatic rings. The predicted octanol–water partition coefficient (Wildman–Crippen LogP) is 1.98. The Kier molecular flexibility index (Phi) is 5.78. The fraction of sp³-hybridized carbons (Fsp3) is 0.188. The van der Waals surface area contributed by atoms with Gasteiger partial charge in [0, 0.05) is 18.8 Å². The van der Waals surface area contributed by atoms with Crippen molar-refractivity contribution in [2.24, 2.45) is 0 Å². The van der Waals surface area contributed by atoms with Crippen LogP contribution < -0.4 is 10.0 Å². The molecular weight excluding hydrogens is 332 g/mol. The molecule has 0 atom stereocenters. The quantitative estimate of drug-likeness (QED) is 0.541. The molecule has 0 fully saturated rings. The molecule has 2 aromatic rings. The number of carboxylic acids is 1. The molecule has 0 heterocycles. The SMILES string of the molecule is O=C(O)c1ccc(NCCCO)c(S(=O)(=O)Nc2ccccc2)c1. The van der Waals surface area contributed by atoms with Crippen LogP contribution in [0.5, 0.6) is 0 Å². The van der Waals surface area contributed by atoms with Crippen molar-refractivity contribution in [3.05, 3.63) is 54.1 Å². The van der Waals surface area contributed by atoms with Gasteiger partial charge in [-0.3, -0.25) is 4.72 Å². The van der Waals surface area contributed by atoms with Crippen LogP contribution in [0.2, 0.25) is 0 Å². The topological polar surface area (TPSA) is 116 Å². The van der Waals surface area contributed by atoms with Crippen LogP contribution in [0, 0.1) is 0 Å². The highest BCUT2D eigenvalue weighted by atomic mass is 32.2. The third-order valence-corrected chi connectivity index (χ3v) is 4.62. The minimum absolute atomic E-state index is 0.0371. The first-order chi connectivity index (χ1) is 11.4. The molecule has 7 nitrogen and oxygen atoms in total. The summed E-state index contributed by atoms with van der Waals surface area (Å²) in [5, 5.41) is 20.8. The number of aliphatic hydroxyl groups is 1. The average molecular weight is 350 g/mol. The van der Waals surface area contributed by atoms with Crippen molar-refractivity contribution in [1.29, 1.82) is 0 Å². The molecule has 2 rings (SSSR count). The maximum atomic E-state index is 12.6. The summed E-state index contributed by atoms with van der Waals surface area (Å²) in [5.41, 5.74) is 0.521. The summed E-state index contributed by atoms with van der Waals surface area (Å²) in [5.74, 6) is -1.21. The second-order valence-electron chi connectivity index (χ2n) is 4.99. The van der Waals surface area contributed by atoms with Crippen LogP contribution in [0.1, 0.15) is 16.8 Å². The number of para-hydroxylation sites is 1. The number of benzene rings is 2. The van der Waals surface area contributed by atoms with Gasteiger partial charge in [-0.05, 0) is 36.8 Å². The van der Waals surface area contributed by atoms with Gasteiger partial charge in [-0.15, -0.1) is 0 Å². The highest BCUT2D eigenvalue weighted by molar-refractivity contribution is 7.92. The normalized spacial score (nSPS) is 11.0.